The second kappa shape index (κ2) is 7.34. The van der Waals surface area contributed by atoms with Crippen molar-refractivity contribution in [2.45, 2.75) is 25.2 Å². The molecule has 1 aliphatic rings. The molecule has 9 heteroatoms. The third-order valence-electron chi connectivity index (χ3n) is 5.90. The lowest BCUT2D eigenvalue weighted by Crippen LogP contribution is -2.48. The quantitative estimate of drug-likeness (QED) is 0.415. The average Bonchev–Trinajstić information content (AvgIpc) is 3.44. The topological polar surface area (TPSA) is 124 Å². The van der Waals surface area contributed by atoms with Crippen molar-refractivity contribution in [3.05, 3.63) is 54.4 Å². The van der Waals surface area contributed by atoms with E-state index in [1.165, 1.54) is 6.33 Å². The van der Waals surface area contributed by atoms with Crippen molar-refractivity contribution in [1.82, 2.24) is 35.5 Å². The van der Waals surface area contributed by atoms with Gasteiger partial charge in [0.25, 0.3) is 0 Å². The van der Waals surface area contributed by atoms with Crippen molar-refractivity contribution in [1.29, 1.82) is 0 Å². The number of nitrogens with zero attached hydrogens (tertiary/aromatic N) is 4. The van der Waals surface area contributed by atoms with E-state index in [4.69, 9.17) is 0 Å². The lowest BCUT2D eigenvalue weighted by Gasteiger charge is -2.36. The van der Waals surface area contributed by atoms with Crippen molar-refractivity contribution >= 4 is 22.9 Å². The van der Waals surface area contributed by atoms with Gasteiger partial charge in [0.15, 0.2) is 17.0 Å². The number of rotatable bonds is 4. The van der Waals surface area contributed by atoms with E-state index < -0.39 is 5.41 Å². The van der Waals surface area contributed by atoms with E-state index in [9.17, 15) is 4.79 Å². The number of anilines is 1. The molecule has 0 bridgehead atoms. The van der Waals surface area contributed by atoms with E-state index in [0.717, 1.165) is 35.5 Å². The number of carbonyl (C=O) groups is 1. The Balaban J connectivity index is 1.54. The first-order valence-electron chi connectivity index (χ1n) is 9.95. The van der Waals surface area contributed by atoms with Gasteiger partial charge in [0.05, 0.1) is 17.4 Å². The molecule has 0 saturated carbocycles. The largest absolute Gasteiger partial charge is 0.329 e. The SMILES string of the molecule is Cc1n[nH]cc1-c1cccc(C2(C(=O)Nc3ncnc4[nH]cnc34)CCNCC2)c1. The molecule has 4 heterocycles. The summed E-state index contributed by atoms with van der Waals surface area (Å²) >= 11 is 0. The highest BCUT2D eigenvalue weighted by molar-refractivity contribution is 6.02. The third-order valence-corrected chi connectivity index (χ3v) is 5.90. The Morgan fingerprint density at radius 2 is 2.03 bits per heavy atom. The number of aryl methyl sites for hydroxylation is 1. The van der Waals surface area contributed by atoms with E-state index in [2.05, 4.69) is 46.8 Å². The molecule has 0 spiro atoms. The van der Waals surface area contributed by atoms with Crippen LogP contribution in [0.1, 0.15) is 24.1 Å². The summed E-state index contributed by atoms with van der Waals surface area (Å²) in [6.45, 7) is 3.50. The van der Waals surface area contributed by atoms with Gasteiger partial charge < -0.3 is 15.6 Å². The predicted molar refractivity (Wildman–Crippen MR) is 113 cm³/mol. The second-order valence-electron chi connectivity index (χ2n) is 7.57. The maximum Gasteiger partial charge on any atom is 0.236 e. The van der Waals surface area contributed by atoms with Gasteiger partial charge in [0.1, 0.15) is 6.33 Å². The fraction of sp³-hybridized carbons (Fsp3) is 0.286. The normalized spacial score (nSPS) is 15.9. The van der Waals surface area contributed by atoms with Gasteiger partial charge in [0, 0.05) is 11.8 Å². The van der Waals surface area contributed by atoms with Gasteiger partial charge >= 0.3 is 0 Å². The summed E-state index contributed by atoms with van der Waals surface area (Å²) < 4.78 is 0. The molecule has 0 unspecified atom stereocenters. The fourth-order valence-corrected chi connectivity index (χ4v) is 4.22. The zero-order valence-corrected chi connectivity index (χ0v) is 16.6. The predicted octanol–water partition coefficient (Wildman–Crippen LogP) is 2.31. The van der Waals surface area contributed by atoms with E-state index in [1.54, 1.807) is 6.33 Å². The second-order valence-corrected chi connectivity index (χ2v) is 7.57. The summed E-state index contributed by atoms with van der Waals surface area (Å²) in [6, 6.07) is 8.19. The molecule has 3 aromatic heterocycles. The van der Waals surface area contributed by atoms with Crippen LogP contribution in [0.4, 0.5) is 5.82 Å². The fourth-order valence-electron chi connectivity index (χ4n) is 4.22. The van der Waals surface area contributed by atoms with Gasteiger partial charge in [-0.05, 0) is 50.0 Å². The van der Waals surface area contributed by atoms with E-state index in [0.29, 0.717) is 29.8 Å². The molecule has 1 fully saturated rings. The Hall–Kier alpha value is -3.59. The average molecular weight is 402 g/mol. The van der Waals surface area contributed by atoms with Crippen LogP contribution >= 0.6 is 0 Å². The molecule has 30 heavy (non-hydrogen) atoms. The highest BCUT2D eigenvalue weighted by Crippen LogP contribution is 2.37. The molecule has 1 aromatic carbocycles. The number of H-pyrrole nitrogens is 2. The first-order valence-corrected chi connectivity index (χ1v) is 9.95. The zero-order valence-electron chi connectivity index (χ0n) is 16.6. The van der Waals surface area contributed by atoms with Crippen LogP contribution in [-0.4, -0.2) is 49.1 Å². The Kier molecular flexibility index (Phi) is 4.51. The maximum absolute atomic E-state index is 13.7. The van der Waals surface area contributed by atoms with Gasteiger partial charge in [-0.25, -0.2) is 15.0 Å². The molecule has 4 aromatic rings. The lowest BCUT2D eigenvalue weighted by atomic mass is 9.72. The molecule has 5 rings (SSSR count). The molecule has 0 radical (unpaired) electrons. The molecule has 1 saturated heterocycles. The van der Waals surface area contributed by atoms with Crippen LogP contribution in [0.2, 0.25) is 0 Å². The van der Waals surface area contributed by atoms with E-state index >= 15 is 0 Å². The van der Waals surface area contributed by atoms with Crippen molar-refractivity contribution in [2.24, 2.45) is 0 Å². The number of carbonyl (C=O) groups excluding carboxylic acids is 1. The molecule has 0 aliphatic carbocycles. The molecule has 152 valence electrons. The molecular weight excluding hydrogens is 380 g/mol. The summed E-state index contributed by atoms with van der Waals surface area (Å²) in [5.41, 5.74) is 4.49. The minimum Gasteiger partial charge on any atom is -0.329 e. The number of imidazole rings is 1. The van der Waals surface area contributed by atoms with Crippen molar-refractivity contribution in [3.63, 3.8) is 0 Å². The van der Waals surface area contributed by atoms with Gasteiger partial charge in [-0.3, -0.25) is 9.89 Å². The zero-order chi connectivity index (χ0) is 20.6. The minimum absolute atomic E-state index is 0.0759. The number of hydrogen-bond donors (Lipinski definition) is 4. The molecule has 4 N–H and O–H groups in total. The number of amides is 1. The van der Waals surface area contributed by atoms with E-state index in [-0.39, 0.29) is 5.91 Å². The number of aromatic nitrogens is 6. The first kappa shape index (κ1) is 18.4. The molecule has 9 nitrogen and oxygen atoms in total. The first-order chi connectivity index (χ1) is 14.7. The highest BCUT2D eigenvalue weighted by atomic mass is 16.2. The minimum atomic E-state index is -0.660. The van der Waals surface area contributed by atoms with Crippen LogP contribution < -0.4 is 10.6 Å². The van der Waals surface area contributed by atoms with Crippen molar-refractivity contribution < 1.29 is 4.79 Å². The Morgan fingerprint density at radius 3 is 2.83 bits per heavy atom. The number of hydrogen-bond acceptors (Lipinski definition) is 6. The smallest absolute Gasteiger partial charge is 0.236 e. The van der Waals surface area contributed by atoms with Crippen molar-refractivity contribution in [3.8, 4) is 11.1 Å². The molecule has 1 aliphatic heterocycles. The lowest BCUT2D eigenvalue weighted by molar-refractivity contribution is -0.122. The number of piperidine rings is 1. The maximum atomic E-state index is 13.7. The van der Waals surface area contributed by atoms with Crippen LogP contribution in [-0.2, 0) is 10.2 Å². The Morgan fingerprint density at radius 1 is 1.17 bits per heavy atom. The number of nitrogens with one attached hydrogen (secondary N) is 4. The Bertz CT molecular complexity index is 1200. The van der Waals surface area contributed by atoms with Gasteiger partial charge in [-0.15, -0.1) is 0 Å². The molecule has 0 atom stereocenters. The summed E-state index contributed by atoms with van der Waals surface area (Å²) in [5.74, 6) is 0.346. The van der Waals surface area contributed by atoms with Crippen molar-refractivity contribution in [2.75, 3.05) is 18.4 Å². The van der Waals surface area contributed by atoms with Gasteiger partial charge in [-0.2, -0.15) is 5.10 Å². The van der Waals surface area contributed by atoms with Crippen LogP contribution in [0.15, 0.2) is 43.1 Å². The van der Waals surface area contributed by atoms with Gasteiger partial charge in [0.2, 0.25) is 5.91 Å². The standard InChI is InChI=1S/C21H22N8O/c1-13-16(10-27-29-13)14-3-2-4-15(9-14)21(5-7-22-8-6-21)20(30)28-19-17-18(24-11-23-17)25-12-26-19/h2-4,9-12,22H,5-8H2,1H3,(H,27,29)(H2,23,24,25,26,28,30). The summed E-state index contributed by atoms with van der Waals surface area (Å²) in [6.07, 6.45) is 6.25. The number of fused-ring (bicyclic) bond motifs is 1. The Labute approximate surface area is 172 Å². The van der Waals surface area contributed by atoms with Gasteiger partial charge in [-0.1, -0.05) is 18.2 Å². The number of benzene rings is 1. The van der Waals surface area contributed by atoms with Crippen LogP contribution in [0, 0.1) is 6.92 Å². The summed E-state index contributed by atoms with van der Waals surface area (Å²) in [7, 11) is 0. The molecule has 1 amide bonds. The van der Waals surface area contributed by atoms with Crippen LogP contribution in [0.25, 0.3) is 22.3 Å². The summed E-state index contributed by atoms with van der Waals surface area (Å²) in [5, 5.41) is 13.5. The van der Waals surface area contributed by atoms with E-state index in [1.807, 2.05) is 31.3 Å². The monoisotopic (exact) mass is 402 g/mol. The van der Waals surface area contributed by atoms with Crippen LogP contribution in [0.5, 0.6) is 0 Å². The highest BCUT2D eigenvalue weighted by Gasteiger charge is 2.41. The molecular formula is C21H22N8O. The third kappa shape index (κ3) is 3.03. The number of aromatic amines is 2. The van der Waals surface area contributed by atoms with Crippen LogP contribution in [0.3, 0.4) is 0 Å². The summed E-state index contributed by atoms with van der Waals surface area (Å²) in [4.78, 5) is 29.3.